The molecule has 2 rings (SSSR count). The van der Waals surface area contributed by atoms with E-state index in [1.165, 1.54) is 0 Å². The van der Waals surface area contributed by atoms with Crippen LogP contribution in [0.15, 0.2) is 53.1 Å². The van der Waals surface area contributed by atoms with Gasteiger partial charge in [-0.3, -0.25) is 10.1 Å². The third-order valence-corrected chi connectivity index (χ3v) is 3.41. The van der Waals surface area contributed by atoms with Crippen LogP contribution >= 0.6 is 0 Å². The number of aliphatic hydroxyl groups excluding tert-OH is 1. The lowest BCUT2D eigenvalue weighted by Crippen LogP contribution is -2.20. The molecule has 20 heavy (non-hydrogen) atoms. The number of furan rings is 1. The molecule has 0 saturated carbocycles. The van der Waals surface area contributed by atoms with E-state index >= 15 is 0 Å². The van der Waals surface area contributed by atoms with Crippen molar-refractivity contribution in [1.29, 1.82) is 0 Å². The molecule has 1 N–H and O–H groups in total. The number of aliphatic hydroxyl groups is 1. The van der Waals surface area contributed by atoms with Crippen LogP contribution in [0.25, 0.3) is 0 Å². The average molecular weight is 275 g/mol. The van der Waals surface area contributed by atoms with Crippen LogP contribution in [-0.2, 0) is 0 Å². The van der Waals surface area contributed by atoms with E-state index in [1.54, 1.807) is 18.4 Å². The Hall–Kier alpha value is -2.14. The van der Waals surface area contributed by atoms with Crippen LogP contribution < -0.4 is 0 Å². The van der Waals surface area contributed by atoms with E-state index in [-0.39, 0.29) is 29.9 Å². The van der Waals surface area contributed by atoms with Crippen LogP contribution in [0, 0.1) is 10.1 Å². The largest absolute Gasteiger partial charge is 0.469 e. The Morgan fingerprint density at radius 1 is 1.15 bits per heavy atom. The minimum atomic E-state index is -0.315. The second kappa shape index (κ2) is 6.86. The summed E-state index contributed by atoms with van der Waals surface area (Å²) < 4.78 is 5.40. The van der Waals surface area contributed by atoms with E-state index in [0.29, 0.717) is 12.2 Å². The lowest BCUT2D eigenvalue weighted by Gasteiger charge is -2.22. The van der Waals surface area contributed by atoms with Gasteiger partial charge in [0.1, 0.15) is 5.76 Å². The molecule has 2 aromatic rings. The number of nitro groups is 1. The summed E-state index contributed by atoms with van der Waals surface area (Å²) in [7, 11) is 0. The molecule has 106 valence electrons. The SMILES string of the molecule is O=[N+]([O-])C[C@@H](c1ccccc1)[C@@H](CCO)c1ccco1. The molecule has 0 radical (unpaired) electrons. The van der Waals surface area contributed by atoms with E-state index in [1.807, 2.05) is 30.3 Å². The Bertz CT molecular complexity index is 524. The van der Waals surface area contributed by atoms with Gasteiger partial charge in [-0.15, -0.1) is 0 Å². The van der Waals surface area contributed by atoms with Gasteiger partial charge in [-0.1, -0.05) is 30.3 Å². The van der Waals surface area contributed by atoms with E-state index < -0.39 is 0 Å². The smallest absolute Gasteiger partial charge is 0.211 e. The molecular weight excluding hydrogens is 258 g/mol. The number of benzene rings is 1. The normalized spacial score (nSPS) is 13.8. The minimum absolute atomic E-state index is 0.0353. The van der Waals surface area contributed by atoms with Crippen LogP contribution in [0.4, 0.5) is 0 Å². The standard InChI is InChI=1S/C15H17NO4/c17-9-8-13(15-7-4-10-20-15)14(11-16(18)19)12-5-2-1-3-6-12/h1-7,10,13-14,17H,8-9,11H2/t13-,14+/m1/s1. The Morgan fingerprint density at radius 3 is 2.45 bits per heavy atom. The highest BCUT2D eigenvalue weighted by atomic mass is 16.6. The van der Waals surface area contributed by atoms with Crippen molar-refractivity contribution in [2.45, 2.75) is 18.3 Å². The molecule has 2 atom stereocenters. The molecule has 0 amide bonds. The number of rotatable bonds is 7. The lowest BCUT2D eigenvalue weighted by atomic mass is 9.82. The molecule has 0 aliphatic heterocycles. The predicted molar refractivity (Wildman–Crippen MR) is 74.2 cm³/mol. The highest BCUT2D eigenvalue weighted by molar-refractivity contribution is 5.24. The first-order valence-electron chi connectivity index (χ1n) is 6.53. The molecule has 1 aromatic carbocycles. The first-order chi connectivity index (χ1) is 9.72. The maximum atomic E-state index is 11.0. The summed E-state index contributed by atoms with van der Waals surface area (Å²) in [5, 5.41) is 20.2. The third-order valence-electron chi connectivity index (χ3n) is 3.41. The summed E-state index contributed by atoms with van der Waals surface area (Å²) in [6, 6.07) is 12.9. The fourth-order valence-electron chi connectivity index (χ4n) is 2.51. The van der Waals surface area contributed by atoms with Gasteiger partial charge in [-0.25, -0.2) is 0 Å². The number of nitrogens with zero attached hydrogens (tertiary/aromatic N) is 1. The van der Waals surface area contributed by atoms with Crippen molar-refractivity contribution in [3.8, 4) is 0 Å². The Morgan fingerprint density at radius 2 is 1.90 bits per heavy atom. The predicted octanol–water partition coefficient (Wildman–Crippen LogP) is 2.81. The van der Waals surface area contributed by atoms with Gasteiger partial charge in [-0.05, 0) is 24.1 Å². The van der Waals surface area contributed by atoms with E-state index in [0.717, 1.165) is 5.56 Å². The molecular formula is C15H17NO4. The van der Waals surface area contributed by atoms with Crippen LogP contribution in [0.1, 0.15) is 29.6 Å². The van der Waals surface area contributed by atoms with Crippen LogP contribution in [0.3, 0.4) is 0 Å². The monoisotopic (exact) mass is 275 g/mol. The minimum Gasteiger partial charge on any atom is -0.469 e. The summed E-state index contributed by atoms with van der Waals surface area (Å²) in [4.78, 5) is 10.7. The number of hydrogen-bond acceptors (Lipinski definition) is 4. The van der Waals surface area contributed by atoms with Gasteiger partial charge in [0.25, 0.3) is 0 Å². The van der Waals surface area contributed by atoms with E-state index in [2.05, 4.69) is 0 Å². The fourth-order valence-corrected chi connectivity index (χ4v) is 2.51. The zero-order valence-electron chi connectivity index (χ0n) is 11.0. The van der Waals surface area contributed by atoms with Crippen molar-refractivity contribution in [3.05, 3.63) is 70.2 Å². The van der Waals surface area contributed by atoms with Gasteiger partial charge in [0.15, 0.2) is 0 Å². The molecule has 0 bridgehead atoms. The van der Waals surface area contributed by atoms with Crippen molar-refractivity contribution < 1.29 is 14.4 Å². The van der Waals surface area contributed by atoms with Crippen molar-refractivity contribution in [2.75, 3.05) is 13.2 Å². The van der Waals surface area contributed by atoms with Crippen molar-refractivity contribution >= 4 is 0 Å². The third kappa shape index (κ3) is 3.45. The highest BCUT2D eigenvalue weighted by Crippen LogP contribution is 2.35. The van der Waals surface area contributed by atoms with Gasteiger partial charge in [0.05, 0.1) is 12.2 Å². The van der Waals surface area contributed by atoms with Crippen molar-refractivity contribution in [3.63, 3.8) is 0 Å². The second-order valence-corrected chi connectivity index (χ2v) is 4.67. The molecule has 0 saturated heterocycles. The van der Waals surface area contributed by atoms with Gasteiger partial charge in [0, 0.05) is 17.4 Å². The molecule has 0 aliphatic carbocycles. The van der Waals surface area contributed by atoms with Gasteiger partial charge in [0.2, 0.25) is 6.54 Å². The second-order valence-electron chi connectivity index (χ2n) is 4.67. The number of hydrogen-bond donors (Lipinski definition) is 1. The summed E-state index contributed by atoms with van der Waals surface area (Å²) in [5.74, 6) is 0.155. The van der Waals surface area contributed by atoms with Crippen LogP contribution in [0.2, 0.25) is 0 Å². The summed E-state index contributed by atoms with van der Waals surface area (Å²) in [6.45, 7) is -0.220. The maximum Gasteiger partial charge on any atom is 0.211 e. The molecule has 5 heteroatoms. The summed E-state index contributed by atoms with van der Waals surface area (Å²) >= 11 is 0. The molecule has 0 spiro atoms. The van der Waals surface area contributed by atoms with Gasteiger partial charge >= 0.3 is 0 Å². The topological polar surface area (TPSA) is 76.5 Å². The highest BCUT2D eigenvalue weighted by Gasteiger charge is 2.30. The quantitative estimate of drug-likeness (QED) is 0.622. The molecule has 0 unspecified atom stereocenters. The van der Waals surface area contributed by atoms with Crippen molar-refractivity contribution in [2.24, 2.45) is 0 Å². The molecule has 1 heterocycles. The van der Waals surface area contributed by atoms with Crippen LogP contribution in [-0.4, -0.2) is 23.2 Å². The van der Waals surface area contributed by atoms with E-state index in [9.17, 15) is 15.2 Å². The Labute approximate surface area is 117 Å². The molecule has 0 fully saturated rings. The molecule has 5 nitrogen and oxygen atoms in total. The maximum absolute atomic E-state index is 11.0. The zero-order valence-corrected chi connectivity index (χ0v) is 11.0. The van der Waals surface area contributed by atoms with Gasteiger partial charge in [-0.2, -0.15) is 0 Å². The lowest BCUT2D eigenvalue weighted by molar-refractivity contribution is -0.484. The fraction of sp³-hybridized carbons (Fsp3) is 0.333. The average Bonchev–Trinajstić information content (AvgIpc) is 2.97. The first-order valence-corrected chi connectivity index (χ1v) is 6.53. The Balaban J connectivity index is 2.34. The molecule has 0 aliphatic rings. The van der Waals surface area contributed by atoms with Crippen molar-refractivity contribution in [1.82, 2.24) is 0 Å². The van der Waals surface area contributed by atoms with Crippen LogP contribution in [0.5, 0.6) is 0 Å². The first kappa shape index (κ1) is 14.3. The van der Waals surface area contributed by atoms with Gasteiger partial charge < -0.3 is 9.52 Å². The summed E-state index contributed by atoms with van der Waals surface area (Å²) in [6.07, 6.45) is 1.98. The Kier molecular flexibility index (Phi) is 4.90. The summed E-state index contributed by atoms with van der Waals surface area (Å²) in [5.41, 5.74) is 0.888. The molecule has 1 aromatic heterocycles. The zero-order chi connectivity index (χ0) is 14.4. The van der Waals surface area contributed by atoms with E-state index in [4.69, 9.17) is 4.42 Å².